The Hall–Kier alpha value is -2.12. The van der Waals surface area contributed by atoms with Crippen LogP contribution in [0.25, 0.3) is 15.9 Å². The molecule has 2 aromatic heterocycles. The Morgan fingerprint density at radius 1 is 1.33 bits per heavy atom. The first-order chi connectivity index (χ1) is 13.0. The summed E-state index contributed by atoms with van der Waals surface area (Å²) in [4.78, 5) is 29.8. The zero-order valence-electron chi connectivity index (χ0n) is 15.7. The summed E-state index contributed by atoms with van der Waals surface area (Å²) in [6, 6.07) is 9.59. The predicted octanol–water partition coefficient (Wildman–Crippen LogP) is 4.01. The molecule has 0 spiro atoms. The second-order valence-corrected chi connectivity index (χ2v) is 8.69. The van der Waals surface area contributed by atoms with Gasteiger partial charge >= 0.3 is 0 Å². The molecule has 1 N–H and O–H groups in total. The first-order valence-corrected chi connectivity index (χ1v) is 10.8. The molecule has 5 nitrogen and oxygen atoms in total. The van der Waals surface area contributed by atoms with Gasteiger partial charge in [-0.05, 0) is 48.4 Å². The lowest BCUT2D eigenvalue weighted by atomic mass is 10.1. The number of nitrogens with zero attached hydrogens (tertiary/aromatic N) is 2. The SMILES string of the molecule is Cc1cccc(-n2c(SCC(=O)NCCC(C)C)nc3ccsc3c2=O)c1. The van der Waals surface area contributed by atoms with Crippen molar-refractivity contribution < 1.29 is 4.79 Å². The van der Waals surface area contributed by atoms with Crippen molar-refractivity contribution in [2.24, 2.45) is 5.92 Å². The van der Waals surface area contributed by atoms with E-state index < -0.39 is 0 Å². The number of carbonyl (C=O) groups is 1. The van der Waals surface area contributed by atoms with Crippen LogP contribution in [0.4, 0.5) is 0 Å². The number of aryl methyl sites for hydroxylation is 1. The minimum Gasteiger partial charge on any atom is -0.355 e. The van der Waals surface area contributed by atoms with Gasteiger partial charge in [-0.15, -0.1) is 11.3 Å². The maximum absolute atomic E-state index is 13.0. The summed E-state index contributed by atoms with van der Waals surface area (Å²) in [6.45, 7) is 6.91. The van der Waals surface area contributed by atoms with Crippen LogP contribution >= 0.6 is 23.1 Å². The number of thioether (sulfide) groups is 1. The summed E-state index contributed by atoms with van der Waals surface area (Å²) in [5.41, 5.74) is 2.42. The lowest BCUT2D eigenvalue weighted by molar-refractivity contribution is -0.118. The highest BCUT2D eigenvalue weighted by molar-refractivity contribution is 7.99. The van der Waals surface area contributed by atoms with E-state index in [2.05, 4.69) is 24.1 Å². The van der Waals surface area contributed by atoms with Crippen LogP contribution in [0, 0.1) is 12.8 Å². The van der Waals surface area contributed by atoms with Gasteiger partial charge in [0, 0.05) is 6.54 Å². The molecule has 2 heterocycles. The number of fused-ring (bicyclic) bond motifs is 1. The second kappa shape index (κ2) is 8.71. The number of carbonyl (C=O) groups excluding carboxylic acids is 1. The van der Waals surface area contributed by atoms with Crippen LogP contribution in [0.2, 0.25) is 0 Å². The number of rotatable bonds is 7. The van der Waals surface area contributed by atoms with E-state index in [1.807, 2.05) is 42.6 Å². The Morgan fingerprint density at radius 2 is 2.15 bits per heavy atom. The van der Waals surface area contributed by atoms with Crippen molar-refractivity contribution in [3.63, 3.8) is 0 Å². The third-order valence-corrected chi connectivity index (χ3v) is 5.92. The quantitative estimate of drug-likeness (QED) is 0.480. The molecule has 0 radical (unpaired) electrons. The van der Waals surface area contributed by atoms with Gasteiger partial charge in [-0.1, -0.05) is 37.7 Å². The highest BCUT2D eigenvalue weighted by atomic mass is 32.2. The van der Waals surface area contributed by atoms with Crippen LogP contribution in [-0.2, 0) is 4.79 Å². The summed E-state index contributed by atoms with van der Waals surface area (Å²) < 4.78 is 2.24. The van der Waals surface area contributed by atoms with Gasteiger partial charge in [-0.25, -0.2) is 4.98 Å². The summed E-state index contributed by atoms with van der Waals surface area (Å²) in [7, 11) is 0. The van der Waals surface area contributed by atoms with Crippen LogP contribution in [0.3, 0.4) is 0 Å². The van der Waals surface area contributed by atoms with Crippen LogP contribution in [0.1, 0.15) is 25.8 Å². The van der Waals surface area contributed by atoms with E-state index in [0.717, 1.165) is 17.7 Å². The van der Waals surface area contributed by atoms with Crippen molar-refractivity contribution in [3.8, 4) is 5.69 Å². The number of benzene rings is 1. The predicted molar refractivity (Wildman–Crippen MR) is 113 cm³/mol. The van der Waals surface area contributed by atoms with Gasteiger partial charge < -0.3 is 5.32 Å². The number of hydrogen-bond donors (Lipinski definition) is 1. The van der Waals surface area contributed by atoms with Crippen molar-refractivity contribution in [3.05, 3.63) is 51.6 Å². The maximum Gasteiger partial charge on any atom is 0.276 e. The molecule has 0 saturated carbocycles. The number of hydrogen-bond acceptors (Lipinski definition) is 5. The smallest absolute Gasteiger partial charge is 0.276 e. The Balaban J connectivity index is 1.89. The Bertz CT molecular complexity index is 1010. The standard InChI is InChI=1S/C20H23N3O2S2/c1-13(2)7-9-21-17(24)12-27-20-22-16-8-10-26-18(16)19(25)23(20)15-6-4-5-14(3)11-15/h4-6,8,10-11,13H,7,9,12H2,1-3H3,(H,21,24). The number of aromatic nitrogens is 2. The fourth-order valence-electron chi connectivity index (χ4n) is 2.67. The van der Waals surface area contributed by atoms with Crippen LogP contribution in [0.15, 0.2) is 45.7 Å². The van der Waals surface area contributed by atoms with Gasteiger partial charge in [-0.2, -0.15) is 0 Å². The molecule has 1 amide bonds. The van der Waals surface area contributed by atoms with Gasteiger partial charge in [0.05, 0.1) is 17.0 Å². The normalized spacial score (nSPS) is 11.3. The van der Waals surface area contributed by atoms with Gasteiger partial charge in [0.2, 0.25) is 5.91 Å². The second-order valence-electron chi connectivity index (χ2n) is 6.83. The van der Waals surface area contributed by atoms with E-state index in [-0.39, 0.29) is 17.2 Å². The Labute approximate surface area is 166 Å². The molecule has 3 aromatic rings. The summed E-state index contributed by atoms with van der Waals surface area (Å²) in [6.07, 6.45) is 0.948. The van der Waals surface area contributed by atoms with E-state index >= 15 is 0 Å². The largest absolute Gasteiger partial charge is 0.355 e. The third-order valence-electron chi connectivity index (χ3n) is 4.09. The highest BCUT2D eigenvalue weighted by Crippen LogP contribution is 2.23. The van der Waals surface area contributed by atoms with E-state index in [9.17, 15) is 9.59 Å². The molecular weight excluding hydrogens is 378 g/mol. The summed E-state index contributed by atoms with van der Waals surface area (Å²) in [5.74, 6) is 0.731. The number of nitrogens with one attached hydrogen (secondary N) is 1. The lowest BCUT2D eigenvalue weighted by Gasteiger charge is -2.13. The van der Waals surface area contributed by atoms with E-state index in [4.69, 9.17) is 0 Å². The van der Waals surface area contributed by atoms with Crippen molar-refractivity contribution in [1.82, 2.24) is 14.9 Å². The van der Waals surface area contributed by atoms with Crippen molar-refractivity contribution in [2.75, 3.05) is 12.3 Å². The molecule has 0 saturated heterocycles. The van der Waals surface area contributed by atoms with Gasteiger partial charge in [0.25, 0.3) is 5.56 Å². The van der Waals surface area contributed by atoms with Crippen molar-refractivity contribution in [2.45, 2.75) is 32.3 Å². The summed E-state index contributed by atoms with van der Waals surface area (Å²) >= 11 is 2.68. The first-order valence-electron chi connectivity index (χ1n) is 8.92. The molecule has 0 aliphatic heterocycles. The molecule has 0 unspecified atom stereocenters. The topological polar surface area (TPSA) is 64.0 Å². The number of thiophene rings is 1. The molecule has 3 rings (SSSR count). The van der Waals surface area contributed by atoms with Crippen molar-refractivity contribution >= 4 is 39.2 Å². The molecule has 7 heteroatoms. The maximum atomic E-state index is 13.0. The minimum atomic E-state index is -0.0942. The zero-order valence-corrected chi connectivity index (χ0v) is 17.3. The molecule has 0 atom stereocenters. The first kappa shape index (κ1) is 19.6. The zero-order chi connectivity index (χ0) is 19.4. The highest BCUT2D eigenvalue weighted by Gasteiger charge is 2.15. The lowest BCUT2D eigenvalue weighted by Crippen LogP contribution is -2.27. The van der Waals surface area contributed by atoms with Crippen LogP contribution < -0.4 is 10.9 Å². The van der Waals surface area contributed by atoms with Gasteiger partial charge in [0.1, 0.15) is 4.70 Å². The Kier molecular flexibility index (Phi) is 6.34. The molecule has 27 heavy (non-hydrogen) atoms. The monoisotopic (exact) mass is 401 g/mol. The average Bonchev–Trinajstić information content (AvgIpc) is 3.08. The third kappa shape index (κ3) is 4.78. The average molecular weight is 402 g/mol. The number of amides is 1. The molecule has 142 valence electrons. The summed E-state index contributed by atoms with van der Waals surface area (Å²) in [5, 5.41) is 5.33. The molecule has 0 bridgehead atoms. The van der Waals surface area contributed by atoms with E-state index in [1.165, 1.54) is 23.1 Å². The minimum absolute atomic E-state index is 0.0453. The molecule has 1 aromatic carbocycles. The van der Waals surface area contributed by atoms with Gasteiger partial charge in [0.15, 0.2) is 5.16 Å². The molecule has 0 aliphatic rings. The molecule has 0 fully saturated rings. The fourth-order valence-corrected chi connectivity index (χ4v) is 4.27. The van der Waals surface area contributed by atoms with E-state index in [1.54, 1.807) is 4.57 Å². The van der Waals surface area contributed by atoms with E-state index in [0.29, 0.717) is 27.8 Å². The molecule has 0 aliphatic carbocycles. The van der Waals surface area contributed by atoms with Crippen molar-refractivity contribution in [1.29, 1.82) is 0 Å². The van der Waals surface area contributed by atoms with Gasteiger partial charge in [-0.3, -0.25) is 14.2 Å². The molecular formula is C20H23N3O2S2. The Morgan fingerprint density at radius 3 is 2.89 bits per heavy atom. The fraction of sp³-hybridized carbons (Fsp3) is 0.350. The van der Waals surface area contributed by atoms with Crippen LogP contribution in [0.5, 0.6) is 0 Å². The van der Waals surface area contributed by atoms with Crippen LogP contribution in [-0.4, -0.2) is 27.8 Å².